The van der Waals surface area contributed by atoms with E-state index in [2.05, 4.69) is 0 Å². The predicted molar refractivity (Wildman–Crippen MR) is 48.2 cm³/mol. The maximum Gasteiger partial charge on any atom is 0.460 e. The quantitative estimate of drug-likeness (QED) is 0.480. The normalized spacial score (nSPS) is 21.5. The first-order chi connectivity index (χ1) is 11.1. The van der Waals surface area contributed by atoms with E-state index in [-0.39, 0.29) is 0 Å². The summed E-state index contributed by atoms with van der Waals surface area (Å²) in [6.07, 6.45) is -11.8. The lowest BCUT2D eigenvalue weighted by atomic mass is 9.93. The molecule has 0 heterocycles. The summed E-state index contributed by atoms with van der Waals surface area (Å²) in [5.41, 5.74) is -8.48. The van der Waals surface area contributed by atoms with Crippen LogP contribution in [0.5, 0.6) is 0 Å². The minimum absolute atomic E-state index is 4.12. The largest absolute Gasteiger partial charge is 0.460 e. The topological polar surface area (TPSA) is 0 Å². The Hall–Kier alpha value is -1.64. The molecular weight excluding hydrogens is 424 g/mol. The van der Waals surface area contributed by atoms with E-state index >= 15 is 0 Å². The molecule has 0 nitrogen and oxygen atoms in total. The van der Waals surface area contributed by atoms with Crippen molar-refractivity contribution in [3.63, 3.8) is 0 Å². The van der Waals surface area contributed by atoms with Gasteiger partial charge in [0.05, 0.1) is 5.57 Å². The molecule has 1 aliphatic rings. The van der Waals surface area contributed by atoms with Crippen molar-refractivity contribution in [2.45, 2.75) is 35.8 Å². The van der Waals surface area contributed by atoms with Gasteiger partial charge >= 0.3 is 35.8 Å². The van der Waals surface area contributed by atoms with Crippen LogP contribution < -0.4 is 0 Å². The SMILES string of the molecule is FC(F)=C1C(C(F)(F)C(F)(F)C(F)(F)C(F)(F)F)=C(F)C(F)(F)C1(F)F. The fourth-order valence-electron chi connectivity index (χ4n) is 1.76. The number of halogens is 16. The second kappa shape index (κ2) is 5.43. The Morgan fingerprint density at radius 3 is 1.35 bits per heavy atom. The molecule has 0 aromatic carbocycles. The monoisotopic (exact) mass is 424 g/mol. The highest BCUT2D eigenvalue weighted by Crippen LogP contribution is 2.64. The van der Waals surface area contributed by atoms with Gasteiger partial charge in [-0.05, 0) is 0 Å². The van der Waals surface area contributed by atoms with Crippen LogP contribution in [0.2, 0.25) is 0 Å². The molecule has 0 spiro atoms. The van der Waals surface area contributed by atoms with Gasteiger partial charge in [0.2, 0.25) is 0 Å². The highest BCUT2D eigenvalue weighted by Gasteiger charge is 2.86. The van der Waals surface area contributed by atoms with Crippen LogP contribution in [-0.4, -0.2) is 35.8 Å². The van der Waals surface area contributed by atoms with Crippen molar-refractivity contribution in [3.05, 3.63) is 23.1 Å². The van der Waals surface area contributed by atoms with Gasteiger partial charge in [-0.3, -0.25) is 0 Å². The number of hydrogen-bond donors (Lipinski definition) is 0. The number of rotatable bonds is 3. The van der Waals surface area contributed by atoms with E-state index in [1.807, 2.05) is 0 Å². The first-order valence-electron chi connectivity index (χ1n) is 5.52. The van der Waals surface area contributed by atoms with Gasteiger partial charge in [0.25, 0.3) is 6.08 Å². The molecule has 0 amide bonds. The Morgan fingerprint density at radius 1 is 0.654 bits per heavy atom. The minimum Gasteiger partial charge on any atom is -0.204 e. The van der Waals surface area contributed by atoms with Gasteiger partial charge in [0, 0.05) is 0 Å². The fraction of sp³-hybridized carbons (Fsp3) is 0.600. The molecule has 0 atom stereocenters. The second-order valence-corrected chi connectivity index (χ2v) is 4.69. The molecule has 0 saturated carbocycles. The number of hydrogen-bond acceptors (Lipinski definition) is 0. The minimum atomic E-state index is -7.90. The van der Waals surface area contributed by atoms with Crippen LogP contribution in [0.1, 0.15) is 0 Å². The van der Waals surface area contributed by atoms with Gasteiger partial charge in [-0.2, -0.15) is 65.9 Å². The molecule has 1 aliphatic carbocycles. The highest BCUT2D eigenvalue weighted by atomic mass is 19.4. The Balaban J connectivity index is 3.87. The average molecular weight is 424 g/mol. The van der Waals surface area contributed by atoms with E-state index < -0.39 is 58.8 Å². The molecule has 0 saturated heterocycles. The van der Waals surface area contributed by atoms with Gasteiger partial charge in [-0.25, -0.2) is 4.39 Å². The summed E-state index contributed by atoms with van der Waals surface area (Å²) in [4.78, 5) is 0. The van der Waals surface area contributed by atoms with Crippen molar-refractivity contribution in [2.75, 3.05) is 0 Å². The van der Waals surface area contributed by atoms with Crippen molar-refractivity contribution in [3.8, 4) is 0 Å². The van der Waals surface area contributed by atoms with Crippen molar-refractivity contribution >= 4 is 0 Å². The van der Waals surface area contributed by atoms with Gasteiger partial charge in [-0.1, -0.05) is 0 Å². The van der Waals surface area contributed by atoms with Crippen molar-refractivity contribution < 1.29 is 70.2 Å². The molecule has 16 heteroatoms. The van der Waals surface area contributed by atoms with Gasteiger partial charge < -0.3 is 0 Å². The standard InChI is InChI=1S/C10F16/c11-3-1(2(4(12)13)5(14,15)7(3,18)19)6(16,17)8(20,21)9(22,23)10(24,25)26. The van der Waals surface area contributed by atoms with E-state index in [1.54, 1.807) is 0 Å². The molecule has 1 rings (SSSR count). The smallest absolute Gasteiger partial charge is 0.204 e. The molecule has 26 heavy (non-hydrogen) atoms. The summed E-state index contributed by atoms with van der Waals surface area (Å²) < 4.78 is 203. The summed E-state index contributed by atoms with van der Waals surface area (Å²) in [6.45, 7) is 0. The van der Waals surface area contributed by atoms with E-state index in [1.165, 1.54) is 0 Å². The molecule has 0 radical (unpaired) electrons. The van der Waals surface area contributed by atoms with E-state index in [4.69, 9.17) is 0 Å². The van der Waals surface area contributed by atoms with Crippen LogP contribution in [0.15, 0.2) is 23.1 Å². The summed E-state index contributed by atoms with van der Waals surface area (Å²) in [6, 6.07) is 0. The van der Waals surface area contributed by atoms with Crippen molar-refractivity contribution in [2.24, 2.45) is 0 Å². The first kappa shape index (κ1) is 22.4. The highest BCUT2D eigenvalue weighted by molar-refractivity contribution is 5.55. The zero-order chi connectivity index (χ0) is 21.3. The maximum atomic E-state index is 13.4. The van der Waals surface area contributed by atoms with Crippen LogP contribution in [-0.2, 0) is 0 Å². The van der Waals surface area contributed by atoms with Gasteiger partial charge in [0.1, 0.15) is 5.57 Å². The molecule has 0 aromatic heterocycles. The molecular formula is C10F16. The Labute approximate surface area is 130 Å². The number of alkyl halides is 13. The van der Waals surface area contributed by atoms with E-state index in [0.29, 0.717) is 0 Å². The summed E-state index contributed by atoms with van der Waals surface area (Å²) in [7, 11) is 0. The molecule has 0 N–H and O–H groups in total. The third-order valence-electron chi connectivity index (χ3n) is 3.10. The fourth-order valence-corrected chi connectivity index (χ4v) is 1.76. The molecule has 0 bridgehead atoms. The third kappa shape index (κ3) is 2.46. The second-order valence-electron chi connectivity index (χ2n) is 4.69. The van der Waals surface area contributed by atoms with Gasteiger partial charge in [0.15, 0.2) is 5.83 Å². The Bertz CT molecular complexity index is 655. The summed E-state index contributed by atoms with van der Waals surface area (Å²) in [5, 5.41) is 0. The van der Waals surface area contributed by atoms with Gasteiger partial charge in [-0.15, -0.1) is 0 Å². The molecule has 0 unspecified atom stereocenters. The Kier molecular flexibility index (Phi) is 4.68. The third-order valence-corrected chi connectivity index (χ3v) is 3.10. The van der Waals surface area contributed by atoms with Crippen LogP contribution in [0, 0.1) is 0 Å². The van der Waals surface area contributed by atoms with Crippen molar-refractivity contribution in [1.82, 2.24) is 0 Å². The lowest BCUT2D eigenvalue weighted by Crippen LogP contribution is -2.61. The zero-order valence-corrected chi connectivity index (χ0v) is 11.0. The Morgan fingerprint density at radius 2 is 1.04 bits per heavy atom. The molecule has 0 aliphatic heterocycles. The predicted octanol–water partition coefficient (Wildman–Crippen LogP) is 6.11. The van der Waals surface area contributed by atoms with E-state index in [9.17, 15) is 70.2 Å². The van der Waals surface area contributed by atoms with E-state index in [0.717, 1.165) is 0 Å². The van der Waals surface area contributed by atoms with Crippen molar-refractivity contribution in [1.29, 1.82) is 0 Å². The zero-order valence-electron chi connectivity index (χ0n) is 11.0. The number of allylic oxidation sites excluding steroid dienone is 3. The molecule has 0 aromatic rings. The average Bonchev–Trinajstić information content (AvgIpc) is 2.54. The lowest BCUT2D eigenvalue weighted by Gasteiger charge is -2.34. The summed E-state index contributed by atoms with van der Waals surface area (Å²) >= 11 is 0. The van der Waals surface area contributed by atoms with Crippen LogP contribution in [0.4, 0.5) is 70.2 Å². The van der Waals surface area contributed by atoms with Crippen LogP contribution in [0.25, 0.3) is 0 Å². The van der Waals surface area contributed by atoms with Crippen LogP contribution in [0.3, 0.4) is 0 Å². The first-order valence-corrected chi connectivity index (χ1v) is 5.52. The summed E-state index contributed by atoms with van der Waals surface area (Å²) in [5.74, 6) is -40.9. The molecule has 152 valence electrons. The van der Waals surface area contributed by atoms with Crippen LogP contribution >= 0.6 is 0 Å². The molecule has 0 fully saturated rings. The maximum absolute atomic E-state index is 13.4. The lowest BCUT2D eigenvalue weighted by molar-refractivity contribution is -0.389.